The highest BCUT2D eigenvalue weighted by molar-refractivity contribution is 7.92. The zero-order valence-electron chi connectivity index (χ0n) is 15.3. The van der Waals surface area contributed by atoms with Crippen LogP contribution in [-0.2, 0) is 21.2 Å². The minimum absolute atomic E-state index is 0.00360. The molecule has 0 saturated carbocycles. The number of carbonyl (C=O) groups excluding carboxylic acids is 1. The fourth-order valence-corrected chi connectivity index (χ4v) is 3.49. The molecule has 0 spiro atoms. The number of amides is 1. The molecule has 0 bridgehead atoms. The van der Waals surface area contributed by atoms with E-state index in [1.165, 1.54) is 17.5 Å². The van der Waals surface area contributed by atoms with E-state index in [0.29, 0.717) is 23.4 Å². The quantitative estimate of drug-likeness (QED) is 0.708. The minimum atomic E-state index is -3.54. The molecular formula is C19H23FN2O4S. The number of methoxy groups -OCH3 is 1. The summed E-state index contributed by atoms with van der Waals surface area (Å²) >= 11 is 0. The first-order valence-corrected chi connectivity index (χ1v) is 10.3. The predicted octanol–water partition coefficient (Wildman–Crippen LogP) is 2.35. The van der Waals surface area contributed by atoms with E-state index in [0.717, 1.165) is 6.26 Å². The molecule has 8 heteroatoms. The van der Waals surface area contributed by atoms with Crippen LogP contribution in [0.5, 0.6) is 5.75 Å². The molecule has 0 atom stereocenters. The highest BCUT2D eigenvalue weighted by Crippen LogP contribution is 2.21. The fourth-order valence-electron chi connectivity index (χ4n) is 2.56. The topological polar surface area (TPSA) is 75.7 Å². The van der Waals surface area contributed by atoms with Gasteiger partial charge in [-0.15, -0.1) is 0 Å². The molecule has 0 unspecified atom stereocenters. The number of nitrogens with one attached hydrogen (secondary N) is 1. The van der Waals surface area contributed by atoms with Gasteiger partial charge in [-0.3, -0.25) is 9.10 Å². The van der Waals surface area contributed by atoms with Gasteiger partial charge in [-0.25, -0.2) is 12.8 Å². The number of hydrogen-bond donors (Lipinski definition) is 1. The molecule has 2 aromatic rings. The fraction of sp³-hybridized carbons (Fsp3) is 0.316. The van der Waals surface area contributed by atoms with Crippen LogP contribution < -0.4 is 14.4 Å². The summed E-state index contributed by atoms with van der Waals surface area (Å²) in [6.45, 7) is 0.290. The average molecular weight is 394 g/mol. The Morgan fingerprint density at radius 3 is 2.41 bits per heavy atom. The van der Waals surface area contributed by atoms with Crippen molar-refractivity contribution in [3.05, 3.63) is 59.9 Å². The Morgan fingerprint density at radius 1 is 1.15 bits per heavy atom. The normalized spacial score (nSPS) is 11.1. The van der Waals surface area contributed by atoms with Gasteiger partial charge in [0.15, 0.2) is 0 Å². The number of carbonyl (C=O) groups is 1. The standard InChI is InChI=1S/C19H23FN2O4S/c1-26-17-9-7-16(8-10-17)22(27(2,24)25)14-12-19(23)21-13-11-15-5-3-4-6-18(15)20/h3-10H,11-14H2,1-2H3,(H,21,23). The van der Waals surface area contributed by atoms with Gasteiger partial charge in [-0.05, 0) is 42.3 Å². The second kappa shape index (κ2) is 9.36. The lowest BCUT2D eigenvalue weighted by Gasteiger charge is -2.22. The Bertz CT molecular complexity index is 870. The van der Waals surface area contributed by atoms with Crippen LogP contribution >= 0.6 is 0 Å². The van der Waals surface area contributed by atoms with Crippen molar-refractivity contribution in [2.75, 3.05) is 30.8 Å². The minimum Gasteiger partial charge on any atom is -0.497 e. The number of halogens is 1. The van der Waals surface area contributed by atoms with Crippen molar-refractivity contribution in [1.29, 1.82) is 0 Å². The number of nitrogens with zero attached hydrogens (tertiary/aromatic N) is 1. The first-order valence-electron chi connectivity index (χ1n) is 8.43. The lowest BCUT2D eigenvalue weighted by atomic mass is 10.1. The van der Waals surface area contributed by atoms with Crippen LogP contribution in [0.1, 0.15) is 12.0 Å². The third-order valence-electron chi connectivity index (χ3n) is 3.98. The molecule has 0 fully saturated rings. The van der Waals surface area contributed by atoms with E-state index >= 15 is 0 Å². The predicted molar refractivity (Wildman–Crippen MR) is 103 cm³/mol. The third-order valence-corrected chi connectivity index (χ3v) is 5.17. The Labute approximate surface area is 159 Å². The van der Waals surface area contributed by atoms with Gasteiger partial charge in [0.2, 0.25) is 15.9 Å². The van der Waals surface area contributed by atoms with Gasteiger partial charge >= 0.3 is 0 Å². The molecule has 0 radical (unpaired) electrons. The molecule has 0 aliphatic carbocycles. The number of hydrogen-bond acceptors (Lipinski definition) is 4. The number of ether oxygens (including phenoxy) is 1. The van der Waals surface area contributed by atoms with E-state index in [1.807, 2.05) is 0 Å². The van der Waals surface area contributed by atoms with E-state index in [9.17, 15) is 17.6 Å². The van der Waals surface area contributed by atoms with Crippen molar-refractivity contribution in [3.63, 3.8) is 0 Å². The van der Waals surface area contributed by atoms with Gasteiger partial charge in [-0.1, -0.05) is 18.2 Å². The van der Waals surface area contributed by atoms with Crippen molar-refractivity contribution in [2.24, 2.45) is 0 Å². The van der Waals surface area contributed by atoms with Crippen molar-refractivity contribution in [2.45, 2.75) is 12.8 Å². The summed E-state index contributed by atoms with van der Waals surface area (Å²) < 4.78 is 43.9. The van der Waals surface area contributed by atoms with Gasteiger partial charge < -0.3 is 10.1 Å². The Kier molecular flexibility index (Phi) is 7.18. The molecule has 1 N–H and O–H groups in total. The van der Waals surface area contributed by atoms with Gasteiger partial charge in [0.1, 0.15) is 11.6 Å². The Hall–Kier alpha value is -2.61. The van der Waals surface area contributed by atoms with Gasteiger partial charge in [0, 0.05) is 19.5 Å². The summed E-state index contributed by atoms with van der Waals surface area (Å²) in [6.07, 6.45) is 1.45. The van der Waals surface area contributed by atoms with E-state index in [-0.39, 0.29) is 31.2 Å². The van der Waals surface area contributed by atoms with Crippen molar-refractivity contribution in [3.8, 4) is 5.75 Å². The molecule has 0 aromatic heterocycles. The number of sulfonamides is 1. The third kappa shape index (κ3) is 6.25. The van der Waals surface area contributed by atoms with E-state index in [2.05, 4.69) is 5.32 Å². The maximum Gasteiger partial charge on any atom is 0.232 e. The van der Waals surface area contributed by atoms with E-state index < -0.39 is 10.0 Å². The second-order valence-electron chi connectivity index (χ2n) is 5.97. The summed E-state index contributed by atoms with van der Waals surface area (Å²) in [7, 11) is -2.02. The van der Waals surface area contributed by atoms with E-state index in [1.54, 1.807) is 42.5 Å². The second-order valence-corrected chi connectivity index (χ2v) is 7.88. The molecule has 27 heavy (non-hydrogen) atoms. The molecule has 1 amide bonds. The van der Waals surface area contributed by atoms with Crippen LogP contribution in [-0.4, -0.2) is 40.8 Å². The largest absolute Gasteiger partial charge is 0.497 e. The van der Waals surface area contributed by atoms with Crippen molar-refractivity contribution in [1.82, 2.24) is 5.32 Å². The van der Waals surface area contributed by atoms with Gasteiger partial charge in [0.25, 0.3) is 0 Å². The SMILES string of the molecule is COc1ccc(N(CCC(=O)NCCc2ccccc2F)S(C)(=O)=O)cc1. The highest BCUT2D eigenvalue weighted by Gasteiger charge is 2.18. The molecule has 0 aliphatic rings. The summed E-state index contributed by atoms with van der Waals surface area (Å²) in [5.74, 6) is 0.00101. The van der Waals surface area contributed by atoms with Crippen LogP contribution in [0.2, 0.25) is 0 Å². The van der Waals surface area contributed by atoms with Crippen LogP contribution in [0, 0.1) is 5.82 Å². The summed E-state index contributed by atoms with van der Waals surface area (Å²) in [6, 6.07) is 12.9. The molecule has 2 rings (SSSR count). The molecular weight excluding hydrogens is 371 g/mol. The van der Waals surface area contributed by atoms with Crippen LogP contribution in [0.15, 0.2) is 48.5 Å². The molecule has 6 nitrogen and oxygen atoms in total. The molecule has 0 saturated heterocycles. The summed E-state index contributed by atoms with van der Waals surface area (Å²) in [5.41, 5.74) is 0.978. The zero-order chi connectivity index (χ0) is 19.9. The molecule has 0 heterocycles. The van der Waals surface area contributed by atoms with Crippen LogP contribution in [0.25, 0.3) is 0 Å². The van der Waals surface area contributed by atoms with Crippen molar-refractivity contribution < 1.29 is 22.3 Å². The van der Waals surface area contributed by atoms with Gasteiger partial charge in [0.05, 0.1) is 19.1 Å². The lowest BCUT2D eigenvalue weighted by molar-refractivity contribution is -0.120. The molecule has 0 aliphatic heterocycles. The first-order chi connectivity index (χ1) is 12.8. The smallest absolute Gasteiger partial charge is 0.232 e. The van der Waals surface area contributed by atoms with Crippen molar-refractivity contribution >= 4 is 21.6 Å². The number of anilines is 1. The number of rotatable bonds is 9. The maximum atomic E-state index is 13.5. The number of benzene rings is 2. The Morgan fingerprint density at radius 2 is 1.81 bits per heavy atom. The molecule has 146 valence electrons. The highest BCUT2D eigenvalue weighted by atomic mass is 32.2. The molecule has 2 aromatic carbocycles. The lowest BCUT2D eigenvalue weighted by Crippen LogP contribution is -2.35. The first kappa shape index (κ1) is 20.7. The Balaban J connectivity index is 1.90. The summed E-state index contributed by atoms with van der Waals surface area (Å²) in [4.78, 5) is 12.0. The zero-order valence-corrected chi connectivity index (χ0v) is 16.1. The van der Waals surface area contributed by atoms with Crippen LogP contribution in [0.3, 0.4) is 0 Å². The van der Waals surface area contributed by atoms with E-state index in [4.69, 9.17) is 4.74 Å². The maximum absolute atomic E-state index is 13.5. The monoisotopic (exact) mass is 394 g/mol. The summed E-state index contributed by atoms with van der Waals surface area (Å²) in [5, 5.41) is 2.69. The van der Waals surface area contributed by atoms with Crippen LogP contribution in [0.4, 0.5) is 10.1 Å². The van der Waals surface area contributed by atoms with Gasteiger partial charge in [-0.2, -0.15) is 0 Å². The average Bonchev–Trinajstić information content (AvgIpc) is 2.63.